The fourth-order valence-corrected chi connectivity index (χ4v) is 3.08. The highest BCUT2D eigenvalue weighted by molar-refractivity contribution is 5.82. The van der Waals surface area contributed by atoms with Gasteiger partial charge in [-0.3, -0.25) is 14.8 Å². The van der Waals surface area contributed by atoms with Gasteiger partial charge in [-0.1, -0.05) is 6.07 Å². The molecular formula is C18H24FN3O2. The summed E-state index contributed by atoms with van der Waals surface area (Å²) in [6, 6.07) is 6.80. The molecule has 1 aliphatic heterocycles. The van der Waals surface area contributed by atoms with Gasteiger partial charge in [0.15, 0.2) is 0 Å². The number of hydrogen-bond acceptors (Lipinski definition) is 5. The number of hydrogen-bond donors (Lipinski definition) is 1. The summed E-state index contributed by atoms with van der Waals surface area (Å²) in [6.07, 6.45) is 1.69. The van der Waals surface area contributed by atoms with Crippen LogP contribution in [-0.4, -0.2) is 72.4 Å². The minimum atomic E-state index is -0.246. The number of ether oxygens (including phenoxy) is 1. The van der Waals surface area contributed by atoms with E-state index in [-0.39, 0.29) is 12.4 Å². The van der Waals surface area contributed by atoms with E-state index in [1.165, 1.54) is 6.07 Å². The van der Waals surface area contributed by atoms with Crippen molar-refractivity contribution in [3.8, 4) is 0 Å². The van der Waals surface area contributed by atoms with Gasteiger partial charge in [-0.2, -0.15) is 0 Å². The zero-order chi connectivity index (χ0) is 16.8. The lowest BCUT2D eigenvalue weighted by Gasteiger charge is -2.30. The zero-order valence-corrected chi connectivity index (χ0v) is 13.8. The standard InChI is InChI=1S/C18H24FN3O2/c19-17-4-3-15(18-16(17)2-1-5-20-18)14-22(8-11-23)7-6-21-9-12-24-13-10-21/h1-5,23H,6-14H2. The number of halogens is 1. The van der Waals surface area contributed by atoms with Crippen LogP contribution < -0.4 is 0 Å². The molecular weight excluding hydrogens is 309 g/mol. The summed E-state index contributed by atoms with van der Waals surface area (Å²) in [4.78, 5) is 8.91. The molecule has 5 nitrogen and oxygen atoms in total. The summed E-state index contributed by atoms with van der Waals surface area (Å²) in [5, 5.41) is 9.91. The second kappa shape index (κ2) is 8.48. The maximum atomic E-state index is 13.9. The number of aliphatic hydroxyl groups is 1. The van der Waals surface area contributed by atoms with Crippen molar-refractivity contribution in [3.05, 3.63) is 41.8 Å². The van der Waals surface area contributed by atoms with Crippen molar-refractivity contribution in [3.63, 3.8) is 0 Å². The van der Waals surface area contributed by atoms with Crippen molar-refractivity contribution in [2.75, 3.05) is 52.5 Å². The third-order valence-electron chi connectivity index (χ3n) is 4.45. The number of rotatable bonds is 7. The Hall–Kier alpha value is -1.60. The van der Waals surface area contributed by atoms with Gasteiger partial charge in [0.1, 0.15) is 5.82 Å². The first kappa shape index (κ1) is 17.2. The molecule has 0 bridgehead atoms. The monoisotopic (exact) mass is 333 g/mol. The molecule has 2 heterocycles. The van der Waals surface area contributed by atoms with Crippen LogP contribution in [0.15, 0.2) is 30.5 Å². The van der Waals surface area contributed by atoms with Crippen LogP contribution in [0.4, 0.5) is 4.39 Å². The Balaban J connectivity index is 1.70. The van der Waals surface area contributed by atoms with Gasteiger partial charge < -0.3 is 9.84 Å². The first-order chi connectivity index (χ1) is 11.8. The van der Waals surface area contributed by atoms with Gasteiger partial charge in [-0.15, -0.1) is 0 Å². The molecule has 0 aliphatic carbocycles. The number of aliphatic hydroxyl groups excluding tert-OH is 1. The van der Waals surface area contributed by atoms with Crippen LogP contribution in [0.1, 0.15) is 5.56 Å². The fraction of sp³-hybridized carbons (Fsp3) is 0.500. The van der Waals surface area contributed by atoms with Crippen molar-refractivity contribution in [2.45, 2.75) is 6.54 Å². The Morgan fingerprint density at radius 3 is 2.83 bits per heavy atom. The Morgan fingerprint density at radius 2 is 2.04 bits per heavy atom. The van der Waals surface area contributed by atoms with Gasteiger partial charge >= 0.3 is 0 Å². The minimum absolute atomic E-state index is 0.107. The van der Waals surface area contributed by atoms with E-state index < -0.39 is 0 Å². The Bertz CT molecular complexity index is 662. The van der Waals surface area contributed by atoms with Crippen molar-refractivity contribution >= 4 is 10.9 Å². The Kier molecular flexibility index (Phi) is 6.09. The van der Waals surface area contributed by atoms with Crippen LogP contribution >= 0.6 is 0 Å². The average molecular weight is 333 g/mol. The molecule has 1 aliphatic rings. The molecule has 1 aromatic heterocycles. The van der Waals surface area contributed by atoms with E-state index >= 15 is 0 Å². The number of aromatic nitrogens is 1. The number of nitrogens with zero attached hydrogens (tertiary/aromatic N) is 3. The van der Waals surface area contributed by atoms with Crippen molar-refractivity contribution in [2.24, 2.45) is 0 Å². The van der Waals surface area contributed by atoms with Gasteiger partial charge in [-0.05, 0) is 23.8 Å². The molecule has 1 saturated heterocycles. The molecule has 0 atom stereocenters. The Morgan fingerprint density at radius 1 is 1.21 bits per heavy atom. The van der Waals surface area contributed by atoms with E-state index in [4.69, 9.17) is 4.74 Å². The predicted octanol–water partition coefficient (Wildman–Crippen LogP) is 1.50. The van der Waals surface area contributed by atoms with Crippen LogP contribution in [0.5, 0.6) is 0 Å². The van der Waals surface area contributed by atoms with Crippen LogP contribution in [0.2, 0.25) is 0 Å². The highest BCUT2D eigenvalue weighted by Crippen LogP contribution is 2.21. The molecule has 2 aromatic rings. The van der Waals surface area contributed by atoms with E-state index in [2.05, 4.69) is 14.8 Å². The SMILES string of the molecule is OCCN(CCN1CCOCC1)Cc1ccc(F)c2cccnc12. The van der Waals surface area contributed by atoms with E-state index in [0.29, 0.717) is 24.0 Å². The molecule has 0 amide bonds. The minimum Gasteiger partial charge on any atom is -0.395 e. The molecule has 24 heavy (non-hydrogen) atoms. The molecule has 0 spiro atoms. The molecule has 0 radical (unpaired) electrons. The van der Waals surface area contributed by atoms with E-state index in [1.54, 1.807) is 24.4 Å². The molecule has 0 unspecified atom stereocenters. The average Bonchev–Trinajstić information content (AvgIpc) is 2.63. The van der Waals surface area contributed by atoms with E-state index in [0.717, 1.165) is 45.0 Å². The molecule has 6 heteroatoms. The fourth-order valence-electron chi connectivity index (χ4n) is 3.08. The van der Waals surface area contributed by atoms with Crippen molar-refractivity contribution in [1.29, 1.82) is 0 Å². The first-order valence-electron chi connectivity index (χ1n) is 8.43. The topological polar surface area (TPSA) is 48.8 Å². The number of fused-ring (bicyclic) bond motifs is 1. The highest BCUT2D eigenvalue weighted by Gasteiger charge is 2.14. The lowest BCUT2D eigenvalue weighted by molar-refractivity contribution is 0.0320. The van der Waals surface area contributed by atoms with Crippen LogP contribution in [0.25, 0.3) is 10.9 Å². The van der Waals surface area contributed by atoms with Gasteiger partial charge in [0.2, 0.25) is 0 Å². The quantitative estimate of drug-likeness (QED) is 0.832. The summed E-state index contributed by atoms with van der Waals surface area (Å²) in [7, 11) is 0. The molecule has 3 rings (SSSR count). The molecule has 130 valence electrons. The van der Waals surface area contributed by atoms with Crippen LogP contribution in [-0.2, 0) is 11.3 Å². The smallest absolute Gasteiger partial charge is 0.132 e. The van der Waals surface area contributed by atoms with E-state index in [1.807, 2.05) is 0 Å². The summed E-state index contributed by atoms with van der Waals surface area (Å²) in [5.41, 5.74) is 1.69. The van der Waals surface area contributed by atoms with Crippen LogP contribution in [0, 0.1) is 5.82 Å². The molecule has 0 saturated carbocycles. The maximum Gasteiger partial charge on any atom is 0.132 e. The number of morpholine rings is 1. The summed E-state index contributed by atoms with van der Waals surface area (Å²) >= 11 is 0. The van der Waals surface area contributed by atoms with Gasteiger partial charge in [0.05, 0.1) is 25.3 Å². The third-order valence-corrected chi connectivity index (χ3v) is 4.45. The van der Waals surface area contributed by atoms with Crippen LogP contribution in [0.3, 0.4) is 0 Å². The molecule has 1 fully saturated rings. The lowest BCUT2D eigenvalue weighted by Crippen LogP contribution is -2.41. The number of pyridine rings is 1. The summed E-state index contributed by atoms with van der Waals surface area (Å²) < 4.78 is 19.3. The molecule has 1 N–H and O–H groups in total. The zero-order valence-electron chi connectivity index (χ0n) is 13.8. The second-order valence-electron chi connectivity index (χ2n) is 6.06. The van der Waals surface area contributed by atoms with E-state index in [9.17, 15) is 9.50 Å². The van der Waals surface area contributed by atoms with Crippen molar-refractivity contribution in [1.82, 2.24) is 14.8 Å². The van der Waals surface area contributed by atoms with Gasteiger partial charge in [-0.25, -0.2) is 4.39 Å². The number of benzene rings is 1. The first-order valence-corrected chi connectivity index (χ1v) is 8.43. The predicted molar refractivity (Wildman–Crippen MR) is 91.3 cm³/mol. The summed E-state index contributed by atoms with van der Waals surface area (Å²) in [5.74, 6) is -0.246. The van der Waals surface area contributed by atoms with Crippen molar-refractivity contribution < 1.29 is 14.2 Å². The summed E-state index contributed by atoms with van der Waals surface area (Å²) in [6.45, 7) is 6.62. The maximum absolute atomic E-state index is 13.9. The van der Waals surface area contributed by atoms with Gasteiger partial charge in [0.25, 0.3) is 0 Å². The Labute approximate surface area is 141 Å². The third kappa shape index (κ3) is 4.27. The molecule has 1 aromatic carbocycles. The normalized spacial score (nSPS) is 16.1. The highest BCUT2D eigenvalue weighted by atomic mass is 19.1. The second-order valence-corrected chi connectivity index (χ2v) is 6.06. The lowest BCUT2D eigenvalue weighted by atomic mass is 10.1. The van der Waals surface area contributed by atoms with Gasteiger partial charge in [0, 0.05) is 50.9 Å². The largest absolute Gasteiger partial charge is 0.395 e.